The molecule has 2 rings (SSSR count). The molecule has 1 atom stereocenters. The highest BCUT2D eigenvalue weighted by Crippen LogP contribution is 2.24. The van der Waals surface area contributed by atoms with Gasteiger partial charge in [0.15, 0.2) is 5.13 Å². The van der Waals surface area contributed by atoms with Gasteiger partial charge in [0.05, 0.1) is 5.69 Å². The highest BCUT2D eigenvalue weighted by atomic mass is 32.1. The predicted molar refractivity (Wildman–Crippen MR) is 74.2 cm³/mol. The van der Waals surface area contributed by atoms with E-state index in [1.54, 1.807) is 4.90 Å². The quantitative estimate of drug-likeness (QED) is 0.776. The van der Waals surface area contributed by atoms with Crippen molar-refractivity contribution in [2.24, 2.45) is 0 Å². The summed E-state index contributed by atoms with van der Waals surface area (Å²) in [6.45, 7) is 5.50. The number of hydrogen-bond acceptors (Lipinski definition) is 6. The van der Waals surface area contributed by atoms with Crippen molar-refractivity contribution in [2.45, 2.75) is 26.3 Å². The minimum absolute atomic E-state index is 0.180. The molecular formula is C12H18N4O2S. The Hall–Kier alpha value is -1.47. The van der Waals surface area contributed by atoms with Crippen molar-refractivity contribution in [3.8, 4) is 0 Å². The van der Waals surface area contributed by atoms with Crippen LogP contribution in [0.5, 0.6) is 0 Å². The Labute approximate surface area is 116 Å². The first kappa shape index (κ1) is 14.0. The van der Waals surface area contributed by atoms with Crippen molar-refractivity contribution in [3.63, 3.8) is 0 Å². The molecule has 6 nitrogen and oxygen atoms in total. The van der Waals surface area contributed by atoms with Crippen molar-refractivity contribution in [1.29, 1.82) is 0 Å². The smallest absolute Gasteiger partial charge is 0.246 e. The first-order valence-electron chi connectivity index (χ1n) is 6.36. The summed E-state index contributed by atoms with van der Waals surface area (Å²) in [5.41, 5.74) is 0.951. The van der Waals surface area contributed by atoms with Gasteiger partial charge in [0.25, 0.3) is 0 Å². The molecule has 2 amide bonds. The van der Waals surface area contributed by atoms with Crippen LogP contribution in [-0.2, 0) is 9.59 Å². The summed E-state index contributed by atoms with van der Waals surface area (Å²) in [5.74, 6) is -0.546. The fourth-order valence-electron chi connectivity index (χ4n) is 1.86. The van der Waals surface area contributed by atoms with E-state index >= 15 is 0 Å². The Morgan fingerprint density at radius 1 is 1.47 bits per heavy atom. The Morgan fingerprint density at radius 3 is 2.79 bits per heavy atom. The zero-order valence-electron chi connectivity index (χ0n) is 11.1. The van der Waals surface area contributed by atoms with Gasteiger partial charge in [0.2, 0.25) is 11.8 Å². The van der Waals surface area contributed by atoms with Crippen LogP contribution in [0.1, 0.15) is 32.0 Å². The molecule has 1 unspecified atom stereocenters. The molecule has 0 saturated carbocycles. The maximum atomic E-state index is 11.3. The number of rotatable bonds is 5. The van der Waals surface area contributed by atoms with E-state index < -0.39 is 0 Å². The molecule has 0 aliphatic carbocycles. The van der Waals surface area contributed by atoms with E-state index in [2.05, 4.69) is 29.5 Å². The lowest BCUT2D eigenvalue weighted by Crippen LogP contribution is -2.51. The maximum Gasteiger partial charge on any atom is 0.246 e. The molecule has 0 spiro atoms. The van der Waals surface area contributed by atoms with Crippen LogP contribution >= 0.6 is 11.3 Å². The largest absolute Gasteiger partial charge is 0.329 e. The lowest BCUT2D eigenvalue weighted by molar-refractivity contribution is -0.130. The Balaban J connectivity index is 2.03. The number of amides is 2. The molecule has 0 aromatic carbocycles. The van der Waals surface area contributed by atoms with Gasteiger partial charge in [-0.1, -0.05) is 6.92 Å². The molecule has 1 aliphatic heterocycles. The van der Waals surface area contributed by atoms with Gasteiger partial charge >= 0.3 is 0 Å². The van der Waals surface area contributed by atoms with E-state index in [0.717, 1.165) is 23.8 Å². The second kappa shape index (κ2) is 6.12. The van der Waals surface area contributed by atoms with Crippen LogP contribution in [-0.4, -0.2) is 36.4 Å². The van der Waals surface area contributed by atoms with Crippen LogP contribution < -0.4 is 15.5 Å². The molecule has 1 aliphatic rings. The van der Waals surface area contributed by atoms with E-state index in [4.69, 9.17) is 0 Å². The average Bonchev–Trinajstić information content (AvgIpc) is 2.84. The van der Waals surface area contributed by atoms with Crippen molar-refractivity contribution in [2.75, 3.05) is 24.5 Å². The Bertz CT molecular complexity index is 458. The van der Waals surface area contributed by atoms with Crippen molar-refractivity contribution >= 4 is 28.3 Å². The molecule has 0 radical (unpaired) electrons. The topological polar surface area (TPSA) is 74.3 Å². The lowest BCUT2D eigenvalue weighted by Gasteiger charge is -2.24. The number of thiazole rings is 1. The number of nitrogens with one attached hydrogen (secondary N) is 2. The molecule has 1 aromatic rings. The summed E-state index contributed by atoms with van der Waals surface area (Å²) in [7, 11) is 0. The van der Waals surface area contributed by atoms with E-state index in [1.165, 1.54) is 11.3 Å². The van der Waals surface area contributed by atoms with E-state index in [9.17, 15) is 9.59 Å². The second-order valence-corrected chi connectivity index (χ2v) is 5.39. The van der Waals surface area contributed by atoms with Crippen LogP contribution in [0.4, 0.5) is 5.13 Å². The summed E-state index contributed by atoms with van der Waals surface area (Å²) in [5, 5.41) is 8.34. The number of carbonyl (C=O) groups is 2. The third-order valence-corrected chi connectivity index (χ3v) is 3.79. The van der Waals surface area contributed by atoms with Gasteiger partial charge < -0.3 is 10.2 Å². The molecule has 104 valence electrons. The van der Waals surface area contributed by atoms with Crippen molar-refractivity contribution < 1.29 is 9.59 Å². The minimum Gasteiger partial charge on any atom is -0.329 e. The molecular weight excluding hydrogens is 264 g/mol. The lowest BCUT2D eigenvalue weighted by atomic mass is 10.2. The molecule has 1 saturated heterocycles. The second-order valence-electron chi connectivity index (χ2n) is 4.56. The number of aromatic nitrogens is 1. The molecule has 7 heteroatoms. The van der Waals surface area contributed by atoms with Gasteiger partial charge in [-0.05, 0) is 19.9 Å². The van der Waals surface area contributed by atoms with Crippen molar-refractivity contribution in [1.82, 2.24) is 15.6 Å². The number of anilines is 1. The summed E-state index contributed by atoms with van der Waals surface area (Å²) < 4.78 is 0. The number of imide groups is 1. The number of piperazine rings is 1. The Morgan fingerprint density at radius 2 is 2.16 bits per heavy atom. The molecule has 19 heavy (non-hydrogen) atoms. The molecule has 2 N–H and O–H groups in total. The summed E-state index contributed by atoms with van der Waals surface area (Å²) >= 11 is 1.46. The van der Waals surface area contributed by atoms with Crippen LogP contribution in [0.15, 0.2) is 5.38 Å². The highest BCUT2D eigenvalue weighted by Gasteiger charge is 2.25. The fourth-order valence-corrected chi connectivity index (χ4v) is 2.78. The van der Waals surface area contributed by atoms with Gasteiger partial charge in [-0.15, -0.1) is 11.3 Å². The number of carbonyl (C=O) groups excluding carboxylic acids is 2. The van der Waals surface area contributed by atoms with E-state index in [0.29, 0.717) is 0 Å². The Kier molecular flexibility index (Phi) is 4.49. The normalized spacial score (nSPS) is 17.5. The SMILES string of the molecule is CCCNC(C)c1csc(N2CC(=O)NC(=O)C2)n1. The monoisotopic (exact) mass is 282 g/mol. The third-order valence-electron chi connectivity index (χ3n) is 2.87. The molecule has 0 bridgehead atoms. The number of hydrogen-bond donors (Lipinski definition) is 2. The van der Waals surface area contributed by atoms with Crippen LogP contribution in [0.25, 0.3) is 0 Å². The predicted octanol–water partition coefficient (Wildman–Crippen LogP) is 0.666. The zero-order valence-corrected chi connectivity index (χ0v) is 11.9. The summed E-state index contributed by atoms with van der Waals surface area (Å²) in [6.07, 6.45) is 1.07. The van der Waals surface area contributed by atoms with Crippen LogP contribution in [0, 0.1) is 0 Å². The number of nitrogens with zero attached hydrogens (tertiary/aromatic N) is 2. The maximum absolute atomic E-state index is 11.3. The van der Waals surface area contributed by atoms with Crippen LogP contribution in [0.3, 0.4) is 0 Å². The minimum atomic E-state index is -0.273. The molecule has 2 heterocycles. The van der Waals surface area contributed by atoms with Gasteiger partial charge in [0, 0.05) is 11.4 Å². The summed E-state index contributed by atoms with van der Waals surface area (Å²) in [6, 6.07) is 0.180. The van der Waals surface area contributed by atoms with Crippen molar-refractivity contribution in [3.05, 3.63) is 11.1 Å². The first-order chi connectivity index (χ1) is 9.10. The average molecular weight is 282 g/mol. The molecule has 1 aromatic heterocycles. The van der Waals surface area contributed by atoms with E-state index in [1.807, 2.05) is 5.38 Å². The van der Waals surface area contributed by atoms with Gasteiger partial charge in [-0.2, -0.15) is 0 Å². The van der Waals surface area contributed by atoms with Gasteiger partial charge in [-0.25, -0.2) is 4.98 Å². The standard InChI is InChI=1S/C12H18N4O2S/c1-3-4-13-8(2)9-7-19-12(14-9)16-5-10(17)15-11(18)6-16/h7-8,13H,3-6H2,1-2H3,(H,15,17,18). The van der Waals surface area contributed by atoms with Gasteiger partial charge in [0.1, 0.15) is 13.1 Å². The van der Waals surface area contributed by atoms with E-state index in [-0.39, 0.29) is 30.9 Å². The summed E-state index contributed by atoms with van der Waals surface area (Å²) in [4.78, 5) is 28.9. The third kappa shape index (κ3) is 3.51. The van der Waals surface area contributed by atoms with Gasteiger partial charge in [-0.3, -0.25) is 14.9 Å². The molecule has 1 fully saturated rings. The zero-order chi connectivity index (χ0) is 13.8. The fraction of sp³-hybridized carbons (Fsp3) is 0.583. The first-order valence-corrected chi connectivity index (χ1v) is 7.24. The van der Waals surface area contributed by atoms with Crippen LogP contribution in [0.2, 0.25) is 0 Å². The highest BCUT2D eigenvalue weighted by molar-refractivity contribution is 7.13.